The highest BCUT2D eigenvalue weighted by atomic mass is 16.6. The van der Waals surface area contributed by atoms with E-state index in [1.54, 1.807) is 6.07 Å². The molecule has 0 heterocycles. The smallest absolute Gasteiger partial charge is 0.339 e. The molecular weight excluding hydrogens is 336 g/mol. The second-order valence-corrected chi connectivity index (χ2v) is 7.73. The Balaban J connectivity index is 2.66. The Bertz CT molecular complexity index is 671. The SMILES string of the molecule is CC(C)C(C)(C(=O)OCCOC(=O)c1ccccc1C(=O)O)C(C)(C)C. The standard InChI is InChI=1S/C20H28O6/c1-13(2)20(6,19(3,4)5)18(24)26-12-11-25-17(23)15-10-8-7-9-14(15)16(21)22/h7-10,13H,11-12H2,1-6H3,(H,21,22). The Morgan fingerprint density at radius 2 is 1.46 bits per heavy atom. The molecular formula is C20H28O6. The van der Waals surface area contributed by atoms with Crippen LogP contribution in [0.15, 0.2) is 24.3 Å². The lowest BCUT2D eigenvalue weighted by Gasteiger charge is -2.42. The number of hydrogen-bond donors (Lipinski definition) is 1. The summed E-state index contributed by atoms with van der Waals surface area (Å²) < 4.78 is 10.4. The summed E-state index contributed by atoms with van der Waals surface area (Å²) in [6.07, 6.45) is 0. The van der Waals surface area contributed by atoms with Crippen LogP contribution in [0.5, 0.6) is 0 Å². The van der Waals surface area contributed by atoms with Gasteiger partial charge in [-0.05, 0) is 30.4 Å². The van der Waals surface area contributed by atoms with Crippen LogP contribution in [0, 0.1) is 16.7 Å². The van der Waals surface area contributed by atoms with Gasteiger partial charge in [0.25, 0.3) is 0 Å². The quantitative estimate of drug-likeness (QED) is 0.585. The van der Waals surface area contributed by atoms with E-state index >= 15 is 0 Å². The molecule has 0 saturated carbocycles. The monoisotopic (exact) mass is 364 g/mol. The Morgan fingerprint density at radius 1 is 0.962 bits per heavy atom. The van der Waals surface area contributed by atoms with Crippen LogP contribution in [-0.2, 0) is 14.3 Å². The van der Waals surface area contributed by atoms with Gasteiger partial charge in [-0.15, -0.1) is 0 Å². The number of carbonyl (C=O) groups is 3. The van der Waals surface area contributed by atoms with Crippen molar-refractivity contribution in [3.8, 4) is 0 Å². The van der Waals surface area contributed by atoms with Gasteiger partial charge in [0.2, 0.25) is 0 Å². The van der Waals surface area contributed by atoms with Crippen LogP contribution in [0.2, 0.25) is 0 Å². The fourth-order valence-electron chi connectivity index (χ4n) is 2.75. The summed E-state index contributed by atoms with van der Waals surface area (Å²) in [7, 11) is 0. The summed E-state index contributed by atoms with van der Waals surface area (Å²) in [5.41, 5.74) is -1.15. The average molecular weight is 364 g/mol. The maximum atomic E-state index is 12.6. The minimum Gasteiger partial charge on any atom is -0.478 e. The summed E-state index contributed by atoms with van der Waals surface area (Å²) in [5, 5.41) is 9.10. The zero-order valence-corrected chi connectivity index (χ0v) is 16.3. The van der Waals surface area contributed by atoms with Gasteiger partial charge in [-0.2, -0.15) is 0 Å². The number of aromatic carboxylic acids is 1. The summed E-state index contributed by atoms with van der Waals surface area (Å²) in [6, 6.07) is 5.80. The lowest BCUT2D eigenvalue weighted by molar-refractivity contribution is -0.167. The normalized spacial score (nSPS) is 13.8. The first-order valence-electron chi connectivity index (χ1n) is 8.59. The van der Waals surface area contributed by atoms with E-state index in [1.165, 1.54) is 18.2 Å². The molecule has 0 aliphatic carbocycles. The first-order valence-corrected chi connectivity index (χ1v) is 8.59. The molecule has 0 spiro atoms. The van der Waals surface area contributed by atoms with Crippen molar-refractivity contribution in [1.82, 2.24) is 0 Å². The van der Waals surface area contributed by atoms with Crippen LogP contribution in [-0.4, -0.2) is 36.2 Å². The van der Waals surface area contributed by atoms with Gasteiger partial charge in [-0.3, -0.25) is 4.79 Å². The minimum atomic E-state index is -1.21. The van der Waals surface area contributed by atoms with Crippen molar-refractivity contribution in [3.05, 3.63) is 35.4 Å². The van der Waals surface area contributed by atoms with E-state index in [4.69, 9.17) is 14.6 Å². The molecule has 1 aromatic rings. The van der Waals surface area contributed by atoms with Crippen molar-refractivity contribution in [2.75, 3.05) is 13.2 Å². The van der Waals surface area contributed by atoms with Crippen LogP contribution in [0.4, 0.5) is 0 Å². The highest BCUT2D eigenvalue weighted by Gasteiger charge is 2.47. The summed E-state index contributed by atoms with van der Waals surface area (Å²) in [4.78, 5) is 35.8. The zero-order valence-electron chi connectivity index (χ0n) is 16.3. The predicted octanol–water partition coefficient (Wildman–Crippen LogP) is 3.79. The van der Waals surface area contributed by atoms with Crippen LogP contribution < -0.4 is 0 Å². The lowest BCUT2D eigenvalue weighted by Crippen LogP contribution is -2.46. The zero-order chi connectivity index (χ0) is 20.1. The van der Waals surface area contributed by atoms with Gasteiger partial charge in [0.1, 0.15) is 13.2 Å². The summed E-state index contributed by atoms with van der Waals surface area (Å²) in [5.74, 6) is -2.25. The molecule has 1 rings (SSSR count). The first-order chi connectivity index (χ1) is 11.9. The van der Waals surface area contributed by atoms with Crippen molar-refractivity contribution in [2.24, 2.45) is 16.7 Å². The average Bonchev–Trinajstić information content (AvgIpc) is 2.56. The van der Waals surface area contributed by atoms with E-state index in [0.29, 0.717) is 0 Å². The maximum absolute atomic E-state index is 12.6. The van der Waals surface area contributed by atoms with Gasteiger partial charge < -0.3 is 14.6 Å². The molecule has 0 fully saturated rings. The third-order valence-electron chi connectivity index (χ3n) is 5.06. The van der Waals surface area contributed by atoms with Crippen LogP contribution >= 0.6 is 0 Å². The van der Waals surface area contributed by atoms with Gasteiger partial charge in [0, 0.05) is 0 Å². The topological polar surface area (TPSA) is 89.9 Å². The number of carboxylic acid groups (broad SMARTS) is 1. The molecule has 0 saturated heterocycles. The third kappa shape index (κ3) is 4.62. The molecule has 6 heteroatoms. The highest BCUT2D eigenvalue weighted by Crippen LogP contribution is 2.45. The molecule has 0 aliphatic heterocycles. The van der Waals surface area contributed by atoms with Gasteiger partial charge in [-0.1, -0.05) is 46.8 Å². The van der Waals surface area contributed by atoms with E-state index in [9.17, 15) is 14.4 Å². The Labute approximate surface area is 154 Å². The summed E-state index contributed by atoms with van der Waals surface area (Å²) >= 11 is 0. The Kier molecular flexibility index (Phi) is 6.95. The van der Waals surface area contributed by atoms with Gasteiger partial charge in [0.15, 0.2) is 0 Å². The molecule has 26 heavy (non-hydrogen) atoms. The van der Waals surface area contributed by atoms with Crippen LogP contribution in [0.1, 0.15) is 62.3 Å². The number of carboxylic acids is 1. The van der Waals surface area contributed by atoms with Crippen molar-refractivity contribution < 1.29 is 29.0 Å². The minimum absolute atomic E-state index is 0.0342. The fraction of sp³-hybridized carbons (Fsp3) is 0.550. The lowest BCUT2D eigenvalue weighted by atomic mass is 9.62. The molecule has 0 amide bonds. The number of carbonyl (C=O) groups excluding carboxylic acids is 2. The van der Waals surface area contributed by atoms with E-state index in [1.807, 2.05) is 41.5 Å². The third-order valence-corrected chi connectivity index (χ3v) is 5.06. The molecule has 144 valence electrons. The molecule has 6 nitrogen and oxygen atoms in total. The molecule has 0 aliphatic rings. The number of esters is 2. The van der Waals surface area contributed by atoms with Gasteiger partial charge >= 0.3 is 17.9 Å². The van der Waals surface area contributed by atoms with E-state index in [0.717, 1.165) is 0 Å². The molecule has 1 N–H and O–H groups in total. The number of hydrogen-bond acceptors (Lipinski definition) is 5. The van der Waals surface area contributed by atoms with Crippen molar-refractivity contribution in [2.45, 2.75) is 41.5 Å². The van der Waals surface area contributed by atoms with Crippen molar-refractivity contribution >= 4 is 17.9 Å². The molecule has 0 radical (unpaired) electrons. The number of benzene rings is 1. The predicted molar refractivity (Wildman–Crippen MR) is 97.0 cm³/mol. The second kappa shape index (κ2) is 8.34. The molecule has 1 atom stereocenters. The highest BCUT2D eigenvalue weighted by molar-refractivity contribution is 6.02. The maximum Gasteiger partial charge on any atom is 0.339 e. The molecule has 1 unspecified atom stereocenters. The molecule has 0 aromatic heterocycles. The number of rotatable bonds is 7. The van der Waals surface area contributed by atoms with E-state index in [2.05, 4.69) is 0 Å². The molecule has 0 bridgehead atoms. The Hall–Kier alpha value is -2.37. The fourth-order valence-corrected chi connectivity index (χ4v) is 2.75. The summed E-state index contributed by atoms with van der Waals surface area (Å²) in [6.45, 7) is 11.5. The van der Waals surface area contributed by atoms with Gasteiger partial charge in [0.05, 0.1) is 16.5 Å². The molecule has 1 aromatic carbocycles. The first kappa shape index (κ1) is 21.7. The van der Waals surface area contributed by atoms with Crippen molar-refractivity contribution in [3.63, 3.8) is 0 Å². The second-order valence-electron chi connectivity index (χ2n) is 7.73. The van der Waals surface area contributed by atoms with Crippen LogP contribution in [0.3, 0.4) is 0 Å². The van der Waals surface area contributed by atoms with Crippen molar-refractivity contribution in [1.29, 1.82) is 0 Å². The largest absolute Gasteiger partial charge is 0.478 e. The van der Waals surface area contributed by atoms with Gasteiger partial charge in [-0.25, -0.2) is 9.59 Å². The number of ether oxygens (including phenoxy) is 2. The van der Waals surface area contributed by atoms with E-state index in [-0.39, 0.29) is 41.6 Å². The Morgan fingerprint density at radius 3 is 1.92 bits per heavy atom. The van der Waals surface area contributed by atoms with Crippen LogP contribution in [0.25, 0.3) is 0 Å². The van der Waals surface area contributed by atoms with E-state index < -0.39 is 17.4 Å².